The second-order valence-corrected chi connectivity index (χ2v) is 5.04. The van der Waals surface area contributed by atoms with Gasteiger partial charge in [-0.3, -0.25) is 0 Å². The number of alkyl carbamates (subject to hydrolysis) is 1. The molecule has 5 heteroatoms. The number of carbonyl (C=O) groups is 1. The molecule has 0 saturated heterocycles. The summed E-state index contributed by atoms with van der Waals surface area (Å²) in [4.78, 5) is 11.3. The molecule has 0 atom stereocenters. The Labute approximate surface area is 108 Å². The van der Waals surface area contributed by atoms with Crippen molar-refractivity contribution in [3.05, 3.63) is 24.2 Å². The fourth-order valence-electron chi connectivity index (χ4n) is 1.34. The molecule has 0 spiro atoms. The molecule has 0 bridgehead atoms. The molecule has 0 unspecified atom stereocenters. The number of carbonyl (C=O) groups excluding carboxylic acids is 1. The van der Waals surface area contributed by atoms with Crippen LogP contribution in [-0.4, -0.2) is 24.8 Å². The molecule has 1 amide bonds. The number of nitrogens with one attached hydrogen (secondary N) is 2. The van der Waals surface area contributed by atoms with E-state index in [-0.39, 0.29) is 6.09 Å². The molecule has 102 valence electrons. The lowest BCUT2D eigenvalue weighted by atomic mass is 10.2. The van der Waals surface area contributed by atoms with Crippen molar-refractivity contribution in [3.63, 3.8) is 0 Å². The summed E-state index contributed by atoms with van der Waals surface area (Å²) in [6.45, 7) is 7.66. The molecule has 1 heterocycles. The summed E-state index contributed by atoms with van der Waals surface area (Å²) in [5.41, 5.74) is -0.443. The van der Waals surface area contributed by atoms with Crippen LogP contribution in [0.25, 0.3) is 0 Å². The first-order valence-electron chi connectivity index (χ1n) is 6.17. The van der Waals surface area contributed by atoms with Crippen molar-refractivity contribution in [1.82, 2.24) is 10.6 Å². The van der Waals surface area contributed by atoms with E-state index in [4.69, 9.17) is 9.15 Å². The van der Waals surface area contributed by atoms with Crippen LogP contribution in [0, 0.1) is 0 Å². The Morgan fingerprint density at radius 2 is 2.17 bits per heavy atom. The highest BCUT2D eigenvalue weighted by atomic mass is 16.6. The van der Waals surface area contributed by atoms with Crippen LogP contribution in [0.1, 0.15) is 33.0 Å². The van der Waals surface area contributed by atoms with E-state index in [0.29, 0.717) is 13.1 Å². The largest absolute Gasteiger partial charge is 0.468 e. The molecular weight excluding hydrogens is 232 g/mol. The van der Waals surface area contributed by atoms with Gasteiger partial charge < -0.3 is 19.8 Å². The molecule has 0 aromatic carbocycles. The normalized spacial score (nSPS) is 11.3. The van der Waals surface area contributed by atoms with Gasteiger partial charge >= 0.3 is 6.09 Å². The average molecular weight is 254 g/mol. The van der Waals surface area contributed by atoms with Gasteiger partial charge in [-0.05, 0) is 45.9 Å². The predicted octanol–water partition coefficient (Wildman–Crippen LogP) is 2.28. The maximum absolute atomic E-state index is 11.3. The quantitative estimate of drug-likeness (QED) is 0.764. The van der Waals surface area contributed by atoms with Gasteiger partial charge in [0.05, 0.1) is 12.8 Å². The molecule has 18 heavy (non-hydrogen) atoms. The van der Waals surface area contributed by atoms with E-state index in [1.807, 2.05) is 32.9 Å². The second kappa shape index (κ2) is 7.06. The summed E-state index contributed by atoms with van der Waals surface area (Å²) in [6, 6.07) is 3.78. The van der Waals surface area contributed by atoms with E-state index in [1.54, 1.807) is 6.26 Å². The first kappa shape index (κ1) is 14.6. The van der Waals surface area contributed by atoms with Crippen LogP contribution in [0.3, 0.4) is 0 Å². The van der Waals surface area contributed by atoms with Crippen LogP contribution in [-0.2, 0) is 11.3 Å². The molecule has 2 N–H and O–H groups in total. The molecule has 1 aromatic heterocycles. The third kappa shape index (κ3) is 6.96. The Morgan fingerprint density at radius 3 is 2.78 bits per heavy atom. The van der Waals surface area contributed by atoms with E-state index in [1.165, 1.54) is 0 Å². The number of hydrogen-bond donors (Lipinski definition) is 2. The van der Waals surface area contributed by atoms with Crippen molar-refractivity contribution in [2.24, 2.45) is 0 Å². The topological polar surface area (TPSA) is 63.5 Å². The standard InChI is InChI=1S/C13H22N2O3/c1-13(2,3)18-12(16)15-8-5-7-14-10-11-6-4-9-17-11/h4,6,9,14H,5,7-8,10H2,1-3H3,(H,15,16). The Bertz CT molecular complexity index is 342. The molecule has 1 rings (SSSR count). The lowest BCUT2D eigenvalue weighted by Gasteiger charge is -2.19. The summed E-state index contributed by atoms with van der Waals surface area (Å²) in [6.07, 6.45) is 2.13. The van der Waals surface area contributed by atoms with Crippen molar-refractivity contribution in [2.75, 3.05) is 13.1 Å². The lowest BCUT2D eigenvalue weighted by molar-refractivity contribution is 0.0527. The van der Waals surface area contributed by atoms with Crippen LogP contribution >= 0.6 is 0 Å². The Kier molecular flexibility index (Phi) is 5.71. The highest BCUT2D eigenvalue weighted by molar-refractivity contribution is 5.67. The van der Waals surface area contributed by atoms with Crippen LogP contribution < -0.4 is 10.6 Å². The molecular formula is C13H22N2O3. The monoisotopic (exact) mass is 254 g/mol. The highest BCUT2D eigenvalue weighted by Crippen LogP contribution is 2.06. The zero-order chi connectivity index (χ0) is 13.4. The van der Waals surface area contributed by atoms with Gasteiger partial charge in [0, 0.05) is 6.54 Å². The molecule has 1 aromatic rings. The molecule has 0 aliphatic carbocycles. The van der Waals surface area contributed by atoms with Gasteiger partial charge in [-0.1, -0.05) is 0 Å². The summed E-state index contributed by atoms with van der Waals surface area (Å²) in [5.74, 6) is 0.912. The first-order chi connectivity index (χ1) is 8.47. The minimum atomic E-state index is -0.443. The Morgan fingerprint density at radius 1 is 1.39 bits per heavy atom. The first-order valence-corrected chi connectivity index (χ1v) is 6.17. The van der Waals surface area contributed by atoms with Crippen LogP contribution in [0.4, 0.5) is 4.79 Å². The zero-order valence-corrected chi connectivity index (χ0v) is 11.3. The van der Waals surface area contributed by atoms with Crippen molar-refractivity contribution in [3.8, 4) is 0 Å². The Hall–Kier alpha value is -1.49. The van der Waals surface area contributed by atoms with Gasteiger partial charge in [0.2, 0.25) is 0 Å². The number of ether oxygens (including phenoxy) is 1. The molecule has 0 aliphatic rings. The molecule has 5 nitrogen and oxygen atoms in total. The van der Waals surface area contributed by atoms with E-state index in [2.05, 4.69) is 10.6 Å². The number of furan rings is 1. The minimum absolute atomic E-state index is 0.367. The van der Waals surface area contributed by atoms with Crippen molar-refractivity contribution < 1.29 is 13.9 Å². The second-order valence-electron chi connectivity index (χ2n) is 5.04. The van der Waals surface area contributed by atoms with Crippen LogP contribution in [0.2, 0.25) is 0 Å². The number of rotatable bonds is 6. The van der Waals surface area contributed by atoms with E-state index in [0.717, 1.165) is 18.7 Å². The SMILES string of the molecule is CC(C)(C)OC(=O)NCCCNCc1ccco1. The van der Waals surface area contributed by atoms with E-state index < -0.39 is 5.60 Å². The van der Waals surface area contributed by atoms with Crippen LogP contribution in [0.15, 0.2) is 22.8 Å². The molecule has 0 radical (unpaired) electrons. The molecule has 0 saturated carbocycles. The summed E-state index contributed by atoms with van der Waals surface area (Å²) >= 11 is 0. The van der Waals surface area contributed by atoms with Gasteiger partial charge in [-0.25, -0.2) is 4.79 Å². The maximum atomic E-state index is 11.3. The van der Waals surface area contributed by atoms with Gasteiger partial charge in [0.1, 0.15) is 11.4 Å². The van der Waals surface area contributed by atoms with Crippen LogP contribution in [0.5, 0.6) is 0 Å². The Balaban J connectivity index is 1.97. The van der Waals surface area contributed by atoms with Gasteiger partial charge in [0.15, 0.2) is 0 Å². The third-order valence-corrected chi connectivity index (χ3v) is 2.08. The smallest absolute Gasteiger partial charge is 0.407 e. The number of hydrogen-bond acceptors (Lipinski definition) is 4. The molecule has 0 fully saturated rings. The fourth-order valence-corrected chi connectivity index (χ4v) is 1.34. The average Bonchev–Trinajstić information content (AvgIpc) is 2.73. The van der Waals surface area contributed by atoms with Gasteiger partial charge in [-0.2, -0.15) is 0 Å². The summed E-state index contributed by atoms with van der Waals surface area (Å²) in [5, 5.41) is 5.93. The molecule has 0 aliphatic heterocycles. The number of amides is 1. The van der Waals surface area contributed by atoms with E-state index in [9.17, 15) is 4.79 Å². The van der Waals surface area contributed by atoms with Gasteiger partial charge in [0.25, 0.3) is 0 Å². The summed E-state index contributed by atoms with van der Waals surface area (Å²) < 4.78 is 10.3. The predicted molar refractivity (Wildman–Crippen MR) is 69.3 cm³/mol. The fraction of sp³-hybridized carbons (Fsp3) is 0.615. The van der Waals surface area contributed by atoms with Crippen molar-refractivity contribution in [1.29, 1.82) is 0 Å². The highest BCUT2D eigenvalue weighted by Gasteiger charge is 2.15. The summed E-state index contributed by atoms with van der Waals surface area (Å²) in [7, 11) is 0. The third-order valence-electron chi connectivity index (χ3n) is 2.08. The van der Waals surface area contributed by atoms with Gasteiger partial charge in [-0.15, -0.1) is 0 Å². The van der Waals surface area contributed by atoms with Crippen molar-refractivity contribution >= 4 is 6.09 Å². The van der Waals surface area contributed by atoms with E-state index >= 15 is 0 Å². The lowest BCUT2D eigenvalue weighted by Crippen LogP contribution is -2.33. The maximum Gasteiger partial charge on any atom is 0.407 e. The minimum Gasteiger partial charge on any atom is -0.468 e. The van der Waals surface area contributed by atoms with Crippen molar-refractivity contribution in [2.45, 2.75) is 39.3 Å². The zero-order valence-electron chi connectivity index (χ0n) is 11.3.